The maximum Gasteiger partial charge on any atom is 0.195 e. The van der Waals surface area contributed by atoms with Crippen molar-refractivity contribution in [2.75, 3.05) is 0 Å². The van der Waals surface area contributed by atoms with Crippen LogP contribution in [0, 0.1) is 6.92 Å². The Hall–Kier alpha value is -1.31. The summed E-state index contributed by atoms with van der Waals surface area (Å²) in [6, 6.07) is 6.12. The van der Waals surface area contributed by atoms with Gasteiger partial charge in [0, 0.05) is 6.42 Å². The number of aryl methyl sites for hydroxylation is 2. The lowest BCUT2D eigenvalue weighted by Gasteiger charge is -1.89. The van der Waals surface area contributed by atoms with E-state index in [0.29, 0.717) is 0 Å². The van der Waals surface area contributed by atoms with Crippen molar-refractivity contribution in [3.8, 4) is 0 Å². The van der Waals surface area contributed by atoms with Crippen molar-refractivity contribution in [1.82, 2.24) is 4.98 Å². The number of unbranched alkanes of at least 4 members (excludes halogenated alkanes) is 1. The average molecular weight is 189 g/mol. The predicted octanol–water partition coefficient (Wildman–Crippen LogP) is 3.48. The van der Waals surface area contributed by atoms with Crippen LogP contribution in [0.2, 0.25) is 0 Å². The number of fused-ring (bicyclic) bond motifs is 1. The van der Waals surface area contributed by atoms with Crippen LogP contribution < -0.4 is 0 Å². The van der Waals surface area contributed by atoms with Crippen LogP contribution in [0.4, 0.5) is 0 Å². The number of rotatable bonds is 3. The summed E-state index contributed by atoms with van der Waals surface area (Å²) in [6.07, 6.45) is 3.27. The van der Waals surface area contributed by atoms with Crippen LogP contribution in [0.15, 0.2) is 22.6 Å². The second-order valence-corrected chi connectivity index (χ2v) is 3.68. The average Bonchev–Trinajstić information content (AvgIpc) is 2.56. The summed E-state index contributed by atoms with van der Waals surface area (Å²) < 4.78 is 5.64. The zero-order valence-corrected chi connectivity index (χ0v) is 8.71. The van der Waals surface area contributed by atoms with E-state index in [4.69, 9.17) is 4.42 Å². The van der Waals surface area contributed by atoms with Gasteiger partial charge in [0.05, 0.1) is 0 Å². The highest BCUT2D eigenvalue weighted by Crippen LogP contribution is 2.17. The smallest absolute Gasteiger partial charge is 0.195 e. The van der Waals surface area contributed by atoms with E-state index >= 15 is 0 Å². The number of nitrogens with zero attached hydrogens (tertiary/aromatic N) is 1. The van der Waals surface area contributed by atoms with E-state index in [1.165, 1.54) is 12.0 Å². The van der Waals surface area contributed by atoms with Gasteiger partial charge in [-0.05, 0) is 31.0 Å². The molecule has 0 aliphatic heterocycles. The van der Waals surface area contributed by atoms with Gasteiger partial charge in [-0.3, -0.25) is 0 Å². The molecule has 0 saturated heterocycles. The highest BCUT2D eigenvalue weighted by Gasteiger charge is 2.04. The van der Waals surface area contributed by atoms with Crippen molar-refractivity contribution in [3.63, 3.8) is 0 Å². The van der Waals surface area contributed by atoms with Crippen LogP contribution >= 0.6 is 0 Å². The van der Waals surface area contributed by atoms with Gasteiger partial charge in [0.15, 0.2) is 11.5 Å². The Kier molecular flexibility index (Phi) is 2.53. The first-order chi connectivity index (χ1) is 6.79. The van der Waals surface area contributed by atoms with Crippen LogP contribution in [0.1, 0.15) is 31.2 Å². The molecule has 2 aromatic rings. The molecule has 0 fully saturated rings. The Morgan fingerprint density at radius 3 is 3.00 bits per heavy atom. The first kappa shape index (κ1) is 9.25. The molecule has 0 saturated carbocycles. The van der Waals surface area contributed by atoms with Crippen molar-refractivity contribution < 1.29 is 4.42 Å². The molecule has 0 bridgehead atoms. The third-order valence-corrected chi connectivity index (χ3v) is 2.33. The molecule has 0 N–H and O–H groups in total. The lowest BCUT2D eigenvalue weighted by molar-refractivity contribution is 0.517. The lowest BCUT2D eigenvalue weighted by atomic mass is 10.2. The topological polar surface area (TPSA) is 26.0 Å². The summed E-state index contributed by atoms with van der Waals surface area (Å²) in [5.74, 6) is 0.868. The Balaban J connectivity index is 2.32. The van der Waals surface area contributed by atoms with Crippen molar-refractivity contribution in [2.45, 2.75) is 33.1 Å². The van der Waals surface area contributed by atoms with Gasteiger partial charge in [-0.2, -0.15) is 0 Å². The summed E-state index contributed by atoms with van der Waals surface area (Å²) in [7, 11) is 0. The van der Waals surface area contributed by atoms with Gasteiger partial charge in [0.2, 0.25) is 0 Å². The van der Waals surface area contributed by atoms with Crippen molar-refractivity contribution in [2.24, 2.45) is 0 Å². The minimum atomic E-state index is 0.868. The van der Waals surface area contributed by atoms with Crippen molar-refractivity contribution in [3.05, 3.63) is 29.7 Å². The summed E-state index contributed by atoms with van der Waals surface area (Å²) in [4.78, 5) is 4.42. The summed E-state index contributed by atoms with van der Waals surface area (Å²) in [6.45, 7) is 4.24. The van der Waals surface area contributed by atoms with Crippen LogP contribution in [-0.4, -0.2) is 4.98 Å². The molecule has 0 unspecified atom stereocenters. The van der Waals surface area contributed by atoms with Crippen molar-refractivity contribution >= 4 is 11.1 Å². The molecule has 0 aliphatic carbocycles. The molecule has 0 spiro atoms. The van der Waals surface area contributed by atoms with Crippen LogP contribution in [0.3, 0.4) is 0 Å². The monoisotopic (exact) mass is 189 g/mol. The van der Waals surface area contributed by atoms with E-state index in [9.17, 15) is 0 Å². The van der Waals surface area contributed by atoms with E-state index in [0.717, 1.165) is 29.8 Å². The van der Waals surface area contributed by atoms with Crippen LogP contribution in [-0.2, 0) is 6.42 Å². The normalized spacial score (nSPS) is 11.0. The number of aromatic nitrogens is 1. The van der Waals surface area contributed by atoms with Gasteiger partial charge in [0.1, 0.15) is 5.52 Å². The van der Waals surface area contributed by atoms with E-state index in [1.54, 1.807) is 0 Å². The molecule has 1 aromatic heterocycles. The third kappa shape index (κ3) is 1.79. The Morgan fingerprint density at radius 1 is 1.36 bits per heavy atom. The molecule has 2 nitrogen and oxygen atoms in total. The fraction of sp³-hybridized carbons (Fsp3) is 0.417. The van der Waals surface area contributed by atoms with Gasteiger partial charge in [0.25, 0.3) is 0 Å². The fourth-order valence-electron chi connectivity index (χ4n) is 1.51. The molecule has 14 heavy (non-hydrogen) atoms. The summed E-state index contributed by atoms with van der Waals surface area (Å²) in [5, 5.41) is 0. The highest BCUT2D eigenvalue weighted by molar-refractivity contribution is 5.73. The maximum absolute atomic E-state index is 5.64. The number of hydrogen-bond donors (Lipinski definition) is 0. The fourth-order valence-corrected chi connectivity index (χ4v) is 1.51. The Bertz CT molecular complexity index is 431. The zero-order chi connectivity index (χ0) is 9.97. The second kappa shape index (κ2) is 3.82. The quantitative estimate of drug-likeness (QED) is 0.738. The second-order valence-electron chi connectivity index (χ2n) is 3.68. The molecule has 1 aromatic carbocycles. The molecule has 0 amide bonds. The molecule has 2 heteroatoms. The molecule has 1 heterocycles. The Morgan fingerprint density at radius 2 is 2.21 bits per heavy atom. The molecular formula is C12H15NO. The van der Waals surface area contributed by atoms with Gasteiger partial charge < -0.3 is 4.42 Å². The summed E-state index contributed by atoms with van der Waals surface area (Å²) >= 11 is 0. The first-order valence-electron chi connectivity index (χ1n) is 5.15. The molecule has 0 atom stereocenters. The largest absolute Gasteiger partial charge is 0.441 e. The minimum absolute atomic E-state index is 0.868. The van der Waals surface area contributed by atoms with Crippen molar-refractivity contribution in [1.29, 1.82) is 0 Å². The molecule has 74 valence electrons. The van der Waals surface area contributed by atoms with Gasteiger partial charge in [-0.15, -0.1) is 0 Å². The van der Waals surface area contributed by atoms with E-state index in [2.05, 4.69) is 24.9 Å². The molecular weight excluding hydrogens is 174 g/mol. The lowest BCUT2D eigenvalue weighted by Crippen LogP contribution is -1.82. The number of hydrogen-bond acceptors (Lipinski definition) is 2. The Labute approximate surface area is 84.0 Å². The first-order valence-corrected chi connectivity index (χ1v) is 5.15. The van der Waals surface area contributed by atoms with Gasteiger partial charge >= 0.3 is 0 Å². The molecule has 2 rings (SSSR count). The third-order valence-electron chi connectivity index (χ3n) is 2.33. The SMILES string of the molecule is CCCCc1nc2ccc(C)cc2o1. The van der Waals surface area contributed by atoms with Crippen LogP contribution in [0.25, 0.3) is 11.1 Å². The number of benzene rings is 1. The number of oxazole rings is 1. The highest BCUT2D eigenvalue weighted by atomic mass is 16.3. The van der Waals surface area contributed by atoms with Gasteiger partial charge in [-0.1, -0.05) is 19.4 Å². The predicted molar refractivity (Wildman–Crippen MR) is 57.4 cm³/mol. The van der Waals surface area contributed by atoms with Crippen LogP contribution in [0.5, 0.6) is 0 Å². The standard InChI is InChI=1S/C12H15NO/c1-3-4-5-12-13-10-7-6-9(2)8-11(10)14-12/h6-8H,3-5H2,1-2H3. The zero-order valence-electron chi connectivity index (χ0n) is 8.71. The van der Waals surface area contributed by atoms with E-state index in [1.807, 2.05) is 12.1 Å². The molecule has 0 radical (unpaired) electrons. The minimum Gasteiger partial charge on any atom is -0.441 e. The summed E-state index contributed by atoms with van der Waals surface area (Å²) in [5.41, 5.74) is 3.11. The van der Waals surface area contributed by atoms with Gasteiger partial charge in [-0.25, -0.2) is 4.98 Å². The molecule has 0 aliphatic rings. The van der Waals surface area contributed by atoms with E-state index in [-0.39, 0.29) is 0 Å². The maximum atomic E-state index is 5.64. The van der Waals surface area contributed by atoms with E-state index < -0.39 is 0 Å².